The molecule has 2 aromatic rings. The van der Waals surface area contributed by atoms with E-state index < -0.39 is 0 Å². The summed E-state index contributed by atoms with van der Waals surface area (Å²) in [6.45, 7) is 0. The molecule has 0 fully saturated rings. The normalized spacial score (nSPS) is 10.1. The van der Waals surface area contributed by atoms with Crippen LogP contribution in [0.25, 0.3) is 11.4 Å². The lowest BCUT2D eigenvalue weighted by Crippen LogP contribution is -2.24. The largest absolute Gasteiger partial charge is 0.362 e. The fourth-order valence-electron chi connectivity index (χ4n) is 1.29. The van der Waals surface area contributed by atoms with Crippen molar-refractivity contribution in [3.05, 3.63) is 40.8 Å². The Labute approximate surface area is 80.4 Å². The molecule has 0 bridgehead atoms. The molecule has 5 nitrogen and oxygen atoms in total. The van der Waals surface area contributed by atoms with Crippen LogP contribution in [0.1, 0.15) is 0 Å². The molecule has 0 saturated heterocycles. The SMILES string of the molecule is CNn1c(-c2ccccc2)n[nH]c1=O. The van der Waals surface area contributed by atoms with Crippen LogP contribution >= 0.6 is 0 Å². The zero-order valence-electron chi connectivity index (χ0n) is 7.69. The van der Waals surface area contributed by atoms with Crippen LogP contribution in [0.5, 0.6) is 0 Å². The minimum atomic E-state index is -0.272. The van der Waals surface area contributed by atoms with Crippen molar-refractivity contribution in [1.29, 1.82) is 0 Å². The molecule has 0 unspecified atom stereocenters. The van der Waals surface area contributed by atoms with E-state index in [4.69, 9.17) is 0 Å². The molecule has 0 amide bonds. The van der Waals surface area contributed by atoms with Gasteiger partial charge < -0.3 is 5.43 Å². The van der Waals surface area contributed by atoms with Gasteiger partial charge in [-0.1, -0.05) is 30.3 Å². The number of hydrogen-bond donors (Lipinski definition) is 2. The number of hydrogen-bond acceptors (Lipinski definition) is 3. The third kappa shape index (κ3) is 1.28. The fraction of sp³-hybridized carbons (Fsp3) is 0.111. The van der Waals surface area contributed by atoms with E-state index in [9.17, 15) is 4.79 Å². The van der Waals surface area contributed by atoms with Gasteiger partial charge in [0, 0.05) is 12.6 Å². The lowest BCUT2D eigenvalue weighted by atomic mass is 10.2. The smallest absolute Gasteiger partial charge is 0.323 e. The van der Waals surface area contributed by atoms with Gasteiger partial charge in [-0.05, 0) is 0 Å². The lowest BCUT2D eigenvalue weighted by molar-refractivity contribution is 0.881. The molecule has 1 aromatic heterocycles. The second-order valence-corrected chi connectivity index (χ2v) is 2.78. The number of benzene rings is 1. The van der Waals surface area contributed by atoms with E-state index in [-0.39, 0.29) is 5.69 Å². The third-order valence-corrected chi connectivity index (χ3v) is 1.93. The maximum Gasteiger partial charge on any atom is 0.362 e. The Kier molecular flexibility index (Phi) is 2.06. The van der Waals surface area contributed by atoms with E-state index >= 15 is 0 Å². The molecule has 0 aliphatic carbocycles. The third-order valence-electron chi connectivity index (χ3n) is 1.93. The minimum Gasteiger partial charge on any atom is -0.323 e. The first-order valence-corrected chi connectivity index (χ1v) is 4.23. The van der Waals surface area contributed by atoms with Gasteiger partial charge in [0.15, 0.2) is 5.82 Å². The summed E-state index contributed by atoms with van der Waals surface area (Å²) in [5.74, 6) is 0.582. The molecule has 1 heterocycles. The maximum absolute atomic E-state index is 11.2. The number of aromatic nitrogens is 3. The first-order chi connectivity index (χ1) is 6.83. The van der Waals surface area contributed by atoms with Crippen LogP contribution in [-0.4, -0.2) is 21.9 Å². The standard InChI is InChI=1S/C9H10N4O/c1-10-13-8(11-12-9(13)14)7-5-3-2-4-6-7/h2-6,10H,1H3,(H,12,14). The number of aromatic amines is 1. The molecule has 0 radical (unpaired) electrons. The van der Waals surface area contributed by atoms with Crippen LogP contribution < -0.4 is 11.1 Å². The summed E-state index contributed by atoms with van der Waals surface area (Å²) in [6.07, 6.45) is 0. The molecular formula is C9H10N4O. The minimum absolute atomic E-state index is 0.272. The van der Waals surface area contributed by atoms with E-state index in [1.165, 1.54) is 4.68 Å². The molecular weight excluding hydrogens is 180 g/mol. The van der Waals surface area contributed by atoms with Crippen molar-refractivity contribution < 1.29 is 0 Å². The van der Waals surface area contributed by atoms with Crippen molar-refractivity contribution in [1.82, 2.24) is 14.9 Å². The van der Waals surface area contributed by atoms with Gasteiger partial charge in [-0.2, -0.15) is 9.77 Å². The number of rotatable bonds is 2. The molecule has 5 heteroatoms. The quantitative estimate of drug-likeness (QED) is 0.721. The average Bonchev–Trinajstić information content (AvgIpc) is 2.61. The van der Waals surface area contributed by atoms with E-state index in [0.717, 1.165) is 5.56 Å². The molecule has 0 saturated carbocycles. The number of nitrogens with zero attached hydrogens (tertiary/aromatic N) is 2. The zero-order valence-corrected chi connectivity index (χ0v) is 7.69. The van der Waals surface area contributed by atoms with E-state index in [1.807, 2.05) is 30.3 Å². The zero-order chi connectivity index (χ0) is 9.97. The van der Waals surface area contributed by atoms with E-state index in [0.29, 0.717) is 5.82 Å². The summed E-state index contributed by atoms with van der Waals surface area (Å²) in [4.78, 5) is 11.2. The molecule has 2 rings (SSSR count). The van der Waals surface area contributed by atoms with E-state index in [1.54, 1.807) is 7.05 Å². The van der Waals surface area contributed by atoms with Crippen LogP contribution in [0.15, 0.2) is 35.1 Å². The van der Waals surface area contributed by atoms with Crippen LogP contribution in [0.4, 0.5) is 0 Å². The van der Waals surface area contributed by atoms with Crippen LogP contribution in [-0.2, 0) is 0 Å². The van der Waals surface area contributed by atoms with Crippen molar-refractivity contribution in [3.63, 3.8) is 0 Å². The summed E-state index contributed by atoms with van der Waals surface area (Å²) < 4.78 is 1.36. The Balaban J connectivity index is 2.57. The second kappa shape index (κ2) is 3.37. The summed E-state index contributed by atoms with van der Waals surface area (Å²) in [7, 11) is 1.67. The summed E-state index contributed by atoms with van der Waals surface area (Å²) >= 11 is 0. The Morgan fingerprint density at radius 1 is 1.36 bits per heavy atom. The molecule has 2 N–H and O–H groups in total. The summed E-state index contributed by atoms with van der Waals surface area (Å²) in [5, 5.41) is 6.30. The van der Waals surface area contributed by atoms with Gasteiger partial charge >= 0.3 is 5.69 Å². The highest BCUT2D eigenvalue weighted by atomic mass is 16.2. The van der Waals surface area contributed by atoms with Crippen LogP contribution in [0, 0.1) is 0 Å². The van der Waals surface area contributed by atoms with Gasteiger partial charge in [0.1, 0.15) is 0 Å². The van der Waals surface area contributed by atoms with Crippen molar-refractivity contribution >= 4 is 0 Å². The van der Waals surface area contributed by atoms with Gasteiger partial charge in [-0.15, -0.1) is 0 Å². The molecule has 1 aromatic carbocycles. The molecule has 0 atom stereocenters. The van der Waals surface area contributed by atoms with Gasteiger partial charge in [0.25, 0.3) is 0 Å². The Morgan fingerprint density at radius 3 is 2.71 bits per heavy atom. The Hall–Kier alpha value is -2.04. The first-order valence-electron chi connectivity index (χ1n) is 4.23. The highest BCUT2D eigenvalue weighted by Gasteiger charge is 2.07. The van der Waals surface area contributed by atoms with Gasteiger partial charge in [-0.3, -0.25) is 0 Å². The van der Waals surface area contributed by atoms with Crippen molar-refractivity contribution in [2.75, 3.05) is 12.5 Å². The highest BCUT2D eigenvalue weighted by molar-refractivity contribution is 5.54. The van der Waals surface area contributed by atoms with Crippen molar-refractivity contribution in [2.45, 2.75) is 0 Å². The molecule has 0 spiro atoms. The summed E-state index contributed by atoms with van der Waals surface area (Å²) in [5.41, 5.74) is 3.37. The molecule has 14 heavy (non-hydrogen) atoms. The number of nitrogens with one attached hydrogen (secondary N) is 2. The maximum atomic E-state index is 11.2. The van der Waals surface area contributed by atoms with Gasteiger partial charge in [-0.25, -0.2) is 9.89 Å². The first kappa shape index (κ1) is 8.55. The van der Waals surface area contributed by atoms with Gasteiger partial charge in [0.05, 0.1) is 0 Å². The fourth-order valence-corrected chi connectivity index (χ4v) is 1.29. The second-order valence-electron chi connectivity index (χ2n) is 2.78. The Bertz CT molecular complexity index is 471. The van der Waals surface area contributed by atoms with Crippen LogP contribution in [0.3, 0.4) is 0 Å². The predicted octanol–water partition coefficient (Wildman–Crippen LogP) is 0.412. The average molecular weight is 190 g/mol. The monoisotopic (exact) mass is 190 g/mol. The molecule has 72 valence electrons. The van der Waals surface area contributed by atoms with E-state index in [2.05, 4.69) is 15.6 Å². The lowest BCUT2D eigenvalue weighted by Gasteiger charge is -2.02. The molecule has 0 aliphatic heterocycles. The Morgan fingerprint density at radius 2 is 2.07 bits per heavy atom. The number of H-pyrrole nitrogens is 1. The summed E-state index contributed by atoms with van der Waals surface area (Å²) in [6, 6.07) is 9.49. The highest BCUT2D eigenvalue weighted by Crippen LogP contribution is 2.12. The van der Waals surface area contributed by atoms with Crippen molar-refractivity contribution in [3.8, 4) is 11.4 Å². The van der Waals surface area contributed by atoms with Crippen molar-refractivity contribution in [2.24, 2.45) is 0 Å². The topological polar surface area (TPSA) is 62.7 Å². The van der Waals surface area contributed by atoms with Crippen LogP contribution in [0.2, 0.25) is 0 Å². The van der Waals surface area contributed by atoms with Gasteiger partial charge in [0.2, 0.25) is 0 Å². The predicted molar refractivity (Wildman–Crippen MR) is 53.6 cm³/mol. The molecule has 0 aliphatic rings.